The van der Waals surface area contributed by atoms with E-state index >= 15 is 0 Å². The van der Waals surface area contributed by atoms with Gasteiger partial charge in [0.2, 0.25) is 0 Å². The number of imidazole rings is 1. The Bertz CT molecular complexity index is 620. The van der Waals surface area contributed by atoms with Gasteiger partial charge in [-0.05, 0) is 17.6 Å². The number of aromatic nitrogens is 3. The molecule has 0 saturated heterocycles. The predicted molar refractivity (Wildman–Crippen MR) is 54.4 cm³/mol. The molecule has 0 aliphatic rings. The van der Waals surface area contributed by atoms with Crippen molar-refractivity contribution in [2.75, 3.05) is 0 Å². The minimum absolute atomic E-state index is 0.228. The van der Waals surface area contributed by atoms with E-state index in [-0.39, 0.29) is 5.75 Å². The Labute approximate surface area is 83.0 Å². The summed E-state index contributed by atoms with van der Waals surface area (Å²) < 4.78 is 4.92. The standard InChI is InChI=1S/C9H5N3OS/c13-7-3-6-8(11-4-10-6)9-5(7)1-2-12-14-9/h1-4,13H. The van der Waals surface area contributed by atoms with Crippen LogP contribution in [0.4, 0.5) is 0 Å². The summed E-state index contributed by atoms with van der Waals surface area (Å²) in [4.78, 5) is 8.17. The van der Waals surface area contributed by atoms with Crippen LogP contribution in [0.1, 0.15) is 0 Å². The van der Waals surface area contributed by atoms with Crippen LogP contribution in [0.2, 0.25) is 0 Å². The Balaban J connectivity index is 2.67. The van der Waals surface area contributed by atoms with Crippen molar-refractivity contribution < 1.29 is 5.11 Å². The number of aromatic hydroxyl groups is 1. The van der Waals surface area contributed by atoms with Gasteiger partial charge < -0.3 is 5.11 Å². The molecular weight excluding hydrogens is 198 g/mol. The number of fused-ring (bicyclic) bond motifs is 3. The fraction of sp³-hybridized carbons (Fsp3) is 0. The minimum atomic E-state index is 0.228. The lowest BCUT2D eigenvalue weighted by Crippen LogP contribution is -1.76. The van der Waals surface area contributed by atoms with Crippen LogP contribution in [0, 0.1) is 0 Å². The summed E-state index contributed by atoms with van der Waals surface area (Å²) in [6, 6.07) is 3.40. The first-order valence-electron chi connectivity index (χ1n) is 4.03. The van der Waals surface area contributed by atoms with Crippen molar-refractivity contribution in [2.24, 2.45) is 0 Å². The van der Waals surface area contributed by atoms with Crippen molar-refractivity contribution in [3.05, 3.63) is 24.7 Å². The zero-order valence-corrected chi connectivity index (χ0v) is 7.82. The van der Waals surface area contributed by atoms with E-state index in [1.54, 1.807) is 18.3 Å². The molecular formula is C9H5N3OS. The molecule has 4 nitrogen and oxygen atoms in total. The Hall–Kier alpha value is -1.75. The second kappa shape index (κ2) is 2.62. The van der Waals surface area contributed by atoms with Gasteiger partial charge in [-0.25, -0.2) is 14.3 Å². The number of rotatable bonds is 0. The molecule has 14 heavy (non-hydrogen) atoms. The van der Waals surface area contributed by atoms with Gasteiger partial charge in [-0.2, -0.15) is 0 Å². The van der Waals surface area contributed by atoms with E-state index < -0.39 is 0 Å². The topological polar surface area (TPSA) is 58.9 Å². The molecule has 1 aromatic carbocycles. The maximum absolute atomic E-state index is 9.70. The highest BCUT2D eigenvalue weighted by Gasteiger charge is 2.08. The van der Waals surface area contributed by atoms with Gasteiger partial charge in [-0.15, -0.1) is 0 Å². The van der Waals surface area contributed by atoms with Gasteiger partial charge in [0.25, 0.3) is 0 Å². The molecule has 2 aromatic heterocycles. The van der Waals surface area contributed by atoms with Crippen molar-refractivity contribution in [1.29, 1.82) is 0 Å². The summed E-state index contributed by atoms with van der Waals surface area (Å²) >= 11 is 1.31. The van der Waals surface area contributed by atoms with E-state index in [4.69, 9.17) is 0 Å². The van der Waals surface area contributed by atoms with Crippen molar-refractivity contribution in [2.45, 2.75) is 0 Å². The SMILES string of the molecule is Oc1cc2ncnc2c2snccc12. The Morgan fingerprint density at radius 3 is 3.14 bits per heavy atom. The molecule has 0 radical (unpaired) electrons. The highest BCUT2D eigenvalue weighted by atomic mass is 32.1. The molecule has 3 rings (SSSR count). The van der Waals surface area contributed by atoms with Gasteiger partial charge in [-0.1, -0.05) is 0 Å². The first kappa shape index (κ1) is 7.64. The summed E-state index contributed by atoms with van der Waals surface area (Å²) in [5.74, 6) is 0.228. The van der Waals surface area contributed by atoms with Crippen LogP contribution in [0.25, 0.3) is 21.1 Å². The van der Waals surface area contributed by atoms with Crippen molar-refractivity contribution >= 4 is 32.7 Å². The van der Waals surface area contributed by atoms with Gasteiger partial charge in [0, 0.05) is 17.6 Å². The van der Waals surface area contributed by atoms with Gasteiger partial charge in [-0.3, -0.25) is 0 Å². The van der Waals surface area contributed by atoms with Gasteiger partial charge in [0.15, 0.2) is 0 Å². The van der Waals surface area contributed by atoms with Crippen LogP contribution < -0.4 is 0 Å². The summed E-state index contributed by atoms with van der Waals surface area (Å²) in [5, 5.41) is 10.5. The summed E-state index contributed by atoms with van der Waals surface area (Å²) in [6.45, 7) is 0. The summed E-state index contributed by atoms with van der Waals surface area (Å²) in [7, 11) is 0. The monoisotopic (exact) mass is 203 g/mol. The molecule has 0 aliphatic heterocycles. The summed E-state index contributed by atoms with van der Waals surface area (Å²) in [5.41, 5.74) is 1.51. The normalized spacial score (nSPS) is 11.1. The van der Waals surface area contributed by atoms with Crippen LogP contribution in [-0.4, -0.2) is 19.4 Å². The Morgan fingerprint density at radius 2 is 2.21 bits per heavy atom. The number of hydrogen-bond donors (Lipinski definition) is 1. The van der Waals surface area contributed by atoms with Crippen LogP contribution in [0.5, 0.6) is 5.75 Å². The zero-order valence-electron chi connectivity index (χ0n) is 7.01. The second-order valence-corrected chi connectivity index (χ2v) is 3.69. The van der Waals surface area contributed by atoms with Crippen molar-refractivity contribution in [3.63, 3.8) is 0 Å². The van der Waals surface area contributed by atoms with Gasteiger partial charge >= 0.3 is 0 Å². The summed E-state index contributed by atoms with van der Waals surface area (Å²) in [6.07, 6.45) is 3.15. The van der Waals surface area contributed by atoms with Crippen LogP contribution in [-0.2, 0) is 0 Å². The average molecular weight is 203 g/mol. The smallest absolute Gasteiger partial charge is 0.126 e. The lowest BCUT2D eigenvalue weighted by atomic mass is 10.2. The lowest BCUT2D eigenvalue weighted by Gasteiger charge is -1.98. The van der Waals surface area contributed by atoms with E-state index in [0.717, 1.165) is 15.6 Å². The van der Waals surface area contributed by atoms with E-state index in [2.05, 4.69) is 14.3 Å². The molecule has 5 heteroatoms. The molecule has 0 amide bonds. The number of phenols is 1. The molecule has 0 atom stereocenters. The maximum Gasteiger partial charge on any atom is 0.126 e. The number of hydrogen-bond acceptors (Lipinski definition) is 5. The molecule has 0 aliphatic carbocycles. The molecule has 0 spiro atoms. The predicted octanol–water partition coefficient (Wildman–Crippen LogP) is 1.95. The van der Waals surface area contributed by atoms with E-state index in [1.165, 1.54) is 17.9 Å². The van der Waals surface area contributed by atoms with Gasteiger partial charge in [0.1, 0.15) is 17.6 Å². The van der Waals surface area contributed by atoms with Crippen LogP contribution in [0.3, 0.4) is 0 Å². The Morgan fingerprint density at radius 1 is 1.29 bits per heavy atom. The number of phenolic OH excluding ortho intramolecular Hbond substituents is 1. The quantitative estimate of drug-likeness (QED) is 0.606. The highest BCUT2D eigenvalue weighted by molar-refractivity contribution is 7.13. The molecule has 1 N–H and O–H groups in total. The number of benzene rings is 1. The van der Waals surface area contributed by atoms with E-state index in [0.29, 0.717) is 5.52 Å². The fourth-order valence-corrected chi connectivity index (χ4v) is 2.19. The maximum atomic E-state index is 9.70. The molecule has 2 heterocycles. The van der Waals surface area contributed by atoms with Gasteiger partial charge in [0.05, 0.1) is 10.2 Å². The van der Waals surface area contributed by atoms with Crippen LogP contribution >= 0.6 is 11.5 Å². The van der Waals surface area contributed by atoms with Crippen molar-refractivity contribution in [3.8, 4) is 5.75 Å². The minimum Gasteiger partial charge on any atom is -0.507 e. The molecule has 0 bridgehead atoms. The first-order valence-corrected chi connectivity index (χ1v) is 4.80. The second-order valence-electron chi connectivity index (χ2n) is 2.89. The third-order valence-electron chi connectivity index (χ3n) is 2.08. The fourth-order valence-electron chi connectivity index (χ4n) is 1.45. The molecule has 0 fully saturated rings. The third-order valence-corrected chi connectivity index (χ3v) is 2.90. The number of nitrogens with zero attached hydrogens (tertiary/aromatic N) is 3. The molecule has 3 aromatic rings. The first-order chi connectivity index (χ1) is 6.86. The Kier molecular flexibility index (Phi) is 1.43. The lowest BCUT2D eigenvalue weighted by molar-refractivity contribution is 0.482. The van der Waals surface area contributed by atoms with Crippen LogP contribution in [0.15, 0.2) is 24.7 Å². The third kappa shape index (κ3) is 0.898. The zero-order chi connectivity index (χ0) is 9.54. The van der Waals surface area contributed by atoms with Crippen molar-refractivity contribution in [1.82, 2.24) is 14.3 Å². The average Bonchev–Trinajstić information content (AvgIpc) is 2.66. The molecule has 68 valence electrons. The highest BCUT2D eigenvalue weighted by Crippen LogP contribution is 2.31. The van der Waals surface area contributed by atoms with E-state index in [1.807, 2.05) is 0 Å². The largest absolute Gasteiger partial charge is 0.507 e. The molecule has 0 saturated carbocycles. The molecule has 0 unspecified atom stereocenters. The van der Waals surface area contributed by atoms with E-state index in [9.17, 15) is 5.11 Å².